The van der Waals surface area contributed by atoms with E-state index in [1.807, 2.05) is 23.1 Å². The van der Waals surface area contributed by atoms with Crippen LogP contribution in [0.5, 0.6) is 11.5 Å². The Kier molecular flexibility index (Phi) is 3.07. The van der Waals surface area contributed by atoms with Crippen LogP contribution in [0.3, 0.4) is 0 Å². The van der Waals surface area contributed by atoms with Crippen LogP contribution in [0.4, 0.5) is 0 Å². The summed E-state index contributed by atoms with van der Waals surface area (Å²) in [5, 5.41) is 0.234. The third-order valence-electron chi connectivity index (χ3n) is 3.19. The smallest absolute Gasteiger partial charge is 0.258 e. The van der Waals surface area contributed by atoms with E-state index >= 15 is 0 Å². The Morgan fingerprint density at radius 2 is 2.22 bits per heavy atom. The Hall–Kier alpha value is -1.36. The Labute approximate surface area is 110 Å². The molecule has 0 radical (unpaired) electrons. The van der Waals surface area contributed by atoms with Gasteiger partial charge in [-0.1, -0.05) is 6.07 Å². The fourth-order valence-corrected chi connectivity index (χ4v) is 3.28. The average Bonchev–Trinajstić information content (AvgIpc) is 2.83. The predicted octanol–water partition coefficient (Wildman–Crippen LogP) is 1.99. The number of para-hydroxylation sites is 1. The normalized spacial score (nSPS) is 22.1. The van der Waals surface area contributed by atoms with Gasteiger partial charge in [0.05, 0.1) is 10.9 Å². The molecule has 0 aliphatic carbocycles. The summed E-state index contributed by atoms with van der Waals surface area (Å²) in [6.07, 6.45) is 0. The van der Waals surface area contributed by atoms with Gasteiger partial charge in [0, 0.05) is 12.3 Å². The lowest BCUT2D eigenvalue weighted by Gasteiger charge is -2.24. The second-order valence-electron chi connectivity index (χ2n) is 4.30. The van der Waals surface area contributed by atoms with Crippen molar-refractivity contribution in [2.24, 2.45) is 0 Å². The van der Waals surface area contributed by atoms with Gasteiger partial charge in [-0.25, -0.2) is 0 Å². The number of nitrogens with zero attached hydrogens (tertiary/aromatic N) is 1. The van der Waals surface area contributed by atoms with Gasteiger partial charge in [0.1, 0.15) is 13.2 Å². The molecule has 2 aliphatic heterocycles. The summed E-state index contributed by atoms with van der Waals surface area (Å²) in [7, 11) is 0. The van der Waals surface area contributed by atoms with Crippen molar-refractivity contribution >= 4 is 17.7 Å². The first-order valence-electron chi connectivity index (χ1n) is 6.08. The van der Waals surface area contributed by atoms with Gasteiger partial charge < -0.3 is 14.4 Å². The molecule has 2 heterocycles. The van der Waals surface area contributed by atoms with Gasteiger partial charge >= 0.3 is 0 Å². The van der Waals surface area contributed by atoms with Crippen LogP contribution < -0.4 is 9.47 Å². The lowest BCUT2D eigenvalue weighted by Crippen LogP contribution is -2.33. The third kappa shape index (κ3) is 1.92. The van der Waals surface area contributed by atoms with E-state index in [0.29, 0.717) is 30.3 Å². The van der Waals surface area contributed by atoms with E-state index < -0.39 is 0 Å². The molecule has 2 aliphatic rings. The number of fused-ring (bicyclic) bond motifs is 1. The first kappa shape index (κ1) is 11.7. The maximum absolute atomic E-state index is 12.5. The number of thioether (sulfide) groups is 1. The molecule has 1 aromatic rings. The molecular formula is C13H15NO3S. The topological polar surface area (TPSA) is 38.8 Å². The zero-order chi connectivity index (χ0) is 12.5. The zero-order valence-electron chi connectivity index (χ0n) is 10.2. The number of benzene rings is 1. The van der Waals surface area contributed by atoms with Crippen LogP contribution in [0.2, 0.25) is 0 Å². The Morgan fingerprint density at radius 1 is 1.39 bits per heavy atom. The van der Waals surface area contributed by atoms with Crippen LogP contribution in [0.15, 0.2) is 18.2 Å². The highest BCUT2D eigenvalue weighted by Gasteiger charge is 2.30. The first-order chi connectivity index (χ1) is 8.77. The molecule has 3 rings (SSSR count). The molecule has 1 atom stereocenters. The fraction of sp³-hybridized carbons (Fsp3) is 0.462. The summed E-state index contributed by atoms with van der Waals surface area (Å²) in [5.41, 5.74) is 0.613. The van der Waals surface area contributed by atoms with Gasteiger partial charge in [0.25, 0.3) is 5.91 Å². The van der Waals surface area contributed by atoms with Crippen molar-refractivity contribution in [1.82, 2.24) is 4.90 Å². The molecule has 0 spiro atoms. The number of carbonyl (C=O) groups is 1. The number of hydrogen-bond acceptors (Lipinski definition) is 4. The molecule has 0 bridgehead atoms. The summed E-state index contributed by atoms with van der Waals surface area (Å²) in [6, 6.07) is 5.49. The van der Waals surface area contributed by atoms with E-state index in [4.69, 9.17) is 9.47 Å². The maximum atomic E-state index is 12.5. The minimum atomic E-state index is 0.0369. The fourth-order valence-electron chi connectivity index (χ4n) is 2.26. The van der Waals surface area contributed by atoms with Crippen LogP contribution >= 0.6 is 11.8 Å². The minimum Gasteiger partial charge on any atom is -0.486 e. The van der Waals surface area contributed by atoms with Crippen molar-refractivity contribution in [3.63, 3.8) is 0 Å². The molecule has 5 heteroatoms. The quantitative estimate of drug-likeness (QED) is 0.778. The molecule has 1 fully saturated rings. The van der Waals surface area contributed by atoms with E-state index in [0.717, 1.165) is 12.3 Å². The largest absolute Gasteiger partial charge is 0.486 e. The van der Waals surface area contributed by atoms with Crippen molar-refractivity contribution in [1.29, 1.82) is 0 Å². The van der Waals surface area contributed by atoms with Crippen LogP contribution in [-0.2, 0) is 0 Å². The van der Waals surface area contributed by atoms with Gasteiger partial charge in [-0.15, -0.1) is 11.8 Å². The Bertz CT molecular complexity index is 477. The van der Waals surface area contributed by atoms with Crippen molar-refractivity contribution < 1.29 is 14.3 Å². The number of carbonyl (C=O) groups excluding carboxylic acids is 1. The van der Waals surface area contributed by atoms with Crippen LogP contribution in [0.25, 0.3) is 0 Å². The van der Waals surface area contributed by atoms with Crippen LogP contribution in [0.1, 0.15) is 17.3 Å². The molecule has 18 heavy (non-hydrogen) atoms. The minimum absolute atomic E-state index is 0.0369. The highest BCUT2D eigenvalue weighted by molar-refractivity contribution is 8.00. The van der Waals surface area contributed by atoms with Crippen LogP contribution in [-0.4, -0.2) is 41.7 Å². The highest BCUT2D eigenvalue weighted by atomic mass is 32.2. The van der Waals surface area contributed by atoms with Crippen molar-refractivity contribution in [3.05, 3.63) is 23.8 Å². The monoisotopic (exact) mass is 265 g/mol. The van der Waals surface area contributed by atoms with Gasteiger partial charge in [-0.2, -0.15) is 0 Å². The molecule has 0 saturated carbocycles. The standard InChI is InChI=1S/C13H15NO3S/c1-9-14(5-8-18-9)13(15)10-3-2-4-11-12(10)17-7-6-16-11/h2-4,9H,5-8H2,1H3. The third-order valence-corrected chi connectivity index (χ3v) is 4.34. The molecule has 1 aromatic carbocycles. The van der Waals surface area contributed by atoms with Crippen molar-refractivity contribution in [2.75, 3.05) is 25.5 Å². The van der Waals surface area contributed by atoms with Gasteiger partial charge in [-0.3, -0.25) is 4.79 Å². The second-order valence-corrected chi connectivity index (χ2v) is 5.72. The Balaban J connectivity index is 1.94. The number of amides is 1. The summed E-state index contributed by atoms with van der Waals surface area (Å²) < 4.78 is 11.1. The van der Waals surface area contributed by atoms with Gasteiger partial charge in [0.2, 0.25) is 0 Å². The number of ether oxygens (including phenoxy) is 2. The zero-order valence-corrected chi connectivity index (χ0v) is 11.0. The molecule has 1 saturated heterocycles. The van der Waals surface area contributed by atoms with E-state index in [1.165, 1.54) is 0 Å². The van der Waals surface area contributed by atoms with E-state index in [1.54, 1.807) is 11.8 Å². The lowest BCUT2D eigenvalue weighted by molar-refractivity contribution is 0.0758. The van der Waals surface area contributed by atoms with Crippen molar-refractivity contribution in [3.8, 4) is 11.5 Å². The van der Waals surface area contributed by atoms with E-state index in [9.17, 15) is 4.79 Å². The maximum Gasteiger partial charge on any atom is 0.258 e. The van der Waals surface area contributed by atoms with Crippen LogP contribution in [0, 0.1) is 0 Å². The van der Waals surface area contributed by atoms with E-state index in [-0.39, 0.29) is 11.3 Å². The van der Waals surface area contributed by atoms with Gasteiger partial charge in [-0.05, 0) is 19.1 Å². The summed E-state index contributed by atoms with van der Waals surface area (Å²) in [4.78, 5) is 14.4. The molecular weight excluding hydrogens is 250 g/mol. The first-order valence-corrected chi connectivity index (χ1v) is 7.13. The van der Waals surface area contributed by atoms with E-state index in [2.05, 4.69) is 6.92 Å². The summed E-state index contributed by atoms with van der Waals surface area (Å²) in [5.74, 6) is 2.30. The Morgan fingerprint density at radius 3 is 3.00 bits per heavy atom. The average molecular weight is 265 g/mol. The second kappa shape index (κ2) is 4.72. The predicted molar refractivity (Wildman–Crippen MR) is 70.4 cm³/mol. The highest BCUT2D eigenvalue weighted by Crippen LogP contribution is 2.35. The summed E-state index contributed by atoms with van der Waals surface area (Å²) in [6.45, 7) is 3.90. The van der Waals surface area contributed by atoms with Gasteiger partial charge in [0.15, 0.2) is 11.5 Å². The SMILES string of the molecule is CC1SCCN1C(=O)c1cccc2c1OCCO2. The molecule has 96 valence electrons. The molecule has 0 aromatic heterocycles. The molecule has 0 N–H and O–H groups in total. The molecule has 1 amide bonds. The molecule has 1 unspecified atom stereocenters. The van der Waals surface area contributed by atoms with Crippen molar-refractivity contribution in [2.45, 2.75) is 12.3 Å². The summed E-state index contributed by atoms with van der Waals surface area (Å²) >= 11 is 1.80. The lowest BCUT2D eigenvalue weighted by atomic mass is 10.1. The molecule has 4 nitrogen and oxygen atoms in total. The number of hydrogen-bond donors (Lipinski definition) is 0. The number of rotatable bonds is 1.